The van der Waals surface area contributed by atoms with Gasteiger partial charge in [-0.1, -0.05) is 18.2 Å². The number of nitrogens with zero attached hydrogens (tertiary/aromatic N) is 4. The van der Waals surface area contributed by atoms with Crippen LogP contribution in [-0.2, 0) is 18.3 Å². The molecule has 0 unspecified atom stereocenters. The molecule has 0 saturated carbocycles. The van der Waals surface area contributed by atoms with Gasteiger partial charge in [-0.3, -0.25) is 19.2 Å². The number of hydrogen-bond donors (Lipinski definition) is 1. The van der Waals surface area contributed by atoms with E-state index in [-0.39, 0.29) is 17.9 Å². The molecule has 2 aromatic rings. The summed E-state index contributed by atoms with van der Waals surface area (Å²) in [6.45, 7) is 2.87. The Bertz CT molecular complexity index is 854. The number of carbonyl (C=O) groups is 2. The molecule has 4 rings (SSSR count). The predicted octanol–water partition coefficient (Wildman–Crippen LogP) is 1.59. The third-order valence-electron chi connectivity index (χ3n) is 5.64. The van der Waals surface area contributed by atoms with Gasteiger partial charge in [0.15, 0.2) is 0 Å². The Kier molecular flexibility index (Phi) is 5.43. The van der Waals surface area contributed by atoms with Crippen LogP contribution in [0.25, 0.3) is 0 Å². The Morgan fingerprint density at radius 2 is 1.93 bits per heavy atom. The number of carbonyl (C=O) groups excluding carboxylic acids is 2. The number of aryl methyl sites for hydroxylation is 2. The molecule has 1 N–H and O–H groups in total. The monoisotopic (exact) mass is 381 g/mol. The van der Waals surface area contributed by atoms with Gasteiger partial charge in [-0.2, -0.15) is 5.10 Å². The molecule has 148 valence electrons. The number of anilines is 1. The van der Waals surface area contributed by atoms with Crippen LogP contribution in [-0.4, -0.2) is 58.7 Å². The van der Waals surface area contributed by atoms with Gasteiger partial charge in [-0.05, 0) is 43.4 Å². The molecule has 1 aromatic heterocycles. The highest BCUT2D eigenvalue weighted by Gasteiger charge is 2.27. The van der Waals surface area contributed by atoms with E-state index < -0.39 is 0 Å². The Morgan fingerprint density at radius 3 is 2.68 bits per heavy atom. The van der Waals surface area contributed by atoms with Crippen LogP contribution >= 0.6 is 0 Å². The molecular formula is C21H27N5O2. The lowest BCUT2D eigenvalue weighted by Gasteiger charge is -2.35. The fourth-order valence-corrected chi connectivity index (χ4v) is 4.10. The first kappa shape index (κ1) is 18.7. The van der Waals surface area contributed by atoms with Gasteiger partial charge >= 0.3 is 0 Å². The molecule has 1 aromatic carbocycles. The number of likely N-dealkylation sites (tertiary alicyclic amines) is 1. The maximum Gasteiger partial charge on any atom is 0.271 e. The highest BCUT2D eigenvalue weighted by atomic mass is 16.2. The highest BCUT2D eigenvalue weighted by Crippen LogP contribution is 2.27. The number of para-hydroxylation sites is 1. The van der Waals surface area contributed by atoms with Crippen LogP contribution in [0, 0.1) is 0 Å². The Balaban J connectivity index is 1.28. The number of benzene rings is 1. The summed E-state index contributed by atoms with van der Waals surface area (Å²) in [4.78, 5) is 29.3. The maximum atomic E-state index is 12.9. The van der Waals surface area contributed by atoms with E-state index >= 15 is 0 Å². The Morgan fingerprint density at radius 1 is 1.14 bits per heavy atom. The lowest BCUT2D eigenvalue weighted by molar-refractivity contribution is -0.120. The van der Waals surface area contributed by atoms with Crippen LogP contribution in [0.5, 0.6) is 0 Å². The minimum atomic E-state index is -0.125. The molecule has 7 nitrogen and oxygen atoms in total. The van der Waals surface area contributed by atoms with Crippen LogP contribution < -0.4 is 10.2 Å². The zero-order valence-electron chi connectivity index (χ0n) is 16.3. The normalized spacial score (nSPS) is 18.0. The van der Waals surface area contributed by atoms with Gasteiger partial charge in [-0.25, -0.2) is 0 Å². The predicted molar refractivity (Wildman–Crippen MR) is 107 cm³/mol. The van der Waals surface area contributed by atoms with Gasteiger partial charge < -0.3 is 10.2 Å². The molecule has 28 heavy (non-hydrogen) atoms. The molecule has 0 atom stereocenters. The summed E-state index contributed by atoms with van der Waals surface area (Å²) in [7, 11) is 1.80. The molecule has 7 heteroatoms. The Labute approximate surface area is 165 Å². The second kappa shape index (κ2) is 8.14. The van der Waals surface area contributed by atoms with E-state index in [1.54, 1.807) is 24.0 Å². The summed E-state index contributed by atoms with van der Waals surface area (Å²) >= 11 is 0. The topological polar surface area (TPSA) is 70.5 Å². The van der Waals surface area contributed by atoms with E-state index in [9.17, 15) is 9.59 Å². The molecule has 1 saturated heterocycles. The van der Waals surface area contributed by atoms with E-state index in [0.29, 0.717) is 12.2 Å². The average molecular weight is 381 g/mol. The number of nitrogens with one attached hydrogen (secondary N) is 1. The van der Waals surface area contributed by atoms with E-state index in [0.717, 1.165) is 51.0 Å². The van der Waals surface area contributed by atoms with Crippen LogP contribution in [0.2, 0.25) is 0 Å². The van der Waals surface area contributed by atoms with Crippen LogP contribution in [0.4, 0.5) is 5.69 Å². The van der Waals surface area contributed by atoms with Gasteiger partial charge in [0.05, 0.1) is 6.54 Å². The Hall–Kier alpha value is -2.67. The second-order valence-corrected chi connectivity index (χ2v) is 7.68. The van der Waals surface area contributed by atoms with Crippen molar-refractivity contribution in [2.24, 2.45) is 7.05 Å². The molecule has 0 bridgehead atoms. The fourth-order valence-electron chi connectivity index (χ4n) is 4.10. The van der Waals surface area contributed by atoms with Crippen LogP contribution in [0.15, 0.2) is 36.5 Å². The van der Waals surface area contributed by atoms with Gasteiger partial charge in [-0.15, -0.1) is 0 Å². The van der Waals surface area contributed by atoms with E-state index in [1.807, 2.05) is 23.1 Å². The number of amides is 2. The third-order valence-corrected chi connectivity index (χ3v) is 5.64. The van der Waals surface area contributed by atoms with Gasteiger partial charge in [0.2, 0.25) is 5.91 Å². The molecule has 0 aliphatic carbocycles. The zero-order valence-corrected chi connectivity index (χ0v) is 16.3. The quantitative estimate of drug-likeness (QED) is 0.873. The first-order valence-corrected chi connectivity index (χ1v) is 10.0. The SMILES string of the molecule is Cn1ccc(C(=O)NC2CCN(CC(=O)N3CCCc4ccccc43)CC2)n1. The largest absolute Gasteiger partial charge is 0.348 e. The summed E-state index contributed by atoms with van der Waals surface area (Å²) in [6, 6.07) is 10.1. The first-order valence-electron chi connectivity index (χ1n) is 10.0. The van der Waals surface area contributed by atoms with Crippen molar-refractivity contribution in [2.45, 2.75) is 31.7 Å². The van der Waals surface area contributed by atoms with Crippen molar-refractivity contribution in [3.8, 4) is 0 Å². The summed E-state index contributed by atoms with van der Waals surface area (Å²) < 4.78 is 1.63. The number of piperidine rings is 1. The highest BCUT2D eigenvalue weighted by molar-refractivity contribution is 5.96. The summed E-state index contributed by atoms with van der Waals surface area (Å²) in [5.74, 6) is 0.0446. The van der Waals surface area contributed by atoms with Gasteiger partial charge in [0.1, 0.15) is 5.69 Å². The van der Waals surface area contributed by atoms with E-state index in [1.165, 1.54) is 5.56 Å². The van der Waals surface area contributed by atoms with Crippen molar-refractivity contribution in [1.82, 2.24) is 20.0 Å². The molecule has 0 radical (unpaired) electrons. The lowest BCUT2D eigenvalue weighted by atomic mass is 10.0. The summed E-state index contributed by atoms with van der Waals surface area (Å²) in [6.07, 6.45) is 5.53. The van der Waals surface area contributed by atoms with Crippen molar-refractivity contribution in [1.29, 1.82) is 0 Å². The van der Waals surface area contributed by atoms with Crippen molar-refractivity contribution < 1.29 is 9.59 Å². The van der Waals surface area contributed by atoms with E-state index in [4.69, 9.17) is 0 Å². The molecule has 2 aliphatic heterocycles. The van der Waals surface area contributed by atoms with Gasteiger partial charge in [0, 0.05) is 44.6 Å². The van der Waals surface area contributed by atoms with Crippen LogP contribution in [0.3, 0.4) is 0 Å². The first-order chi connectivity index (χ1) is 13.6. The molecular weight excluding hydrogens is 354 g/mol. The van der Waals surface area contributed by atoms with Crippen molar-refractivity contribution in [3.63, 3.8) is 0 Å². The number of hydrogen-bond acceptors (Lipinski definition) is 4. The molecule has 1 fully saturated rings. The molecule has 3 heterocycles. The molecule has 2 amide bonds. The zero-order chi connectivity index (χ0) is 19.5. The average Bonchev–Trinajstić information content (AvgIpc) is 3.15. The van der Waals surface area contributed by atoms with Crippen molar-refractivity contribution >= 4 is 17.5 Å². The van der Waals surface area contributed by atoms with Crippen molar-refractivity contribution in [2.75, 3.05) is 31.1 Å². The van der Waals surface area contributed by atoms with Gasteiger partial charge in [0.25, 0.3) is 5.91 Å². The summed E-state index contributed by atoms with van der Waals surface area (Å²) in [5, 5.41) is 7.21. The maximum absolute atomic E-state index is 12.9. The minimum Gasteiger partial charge on any atom is -0.348 e. The lowest BCUT2D eigenvalue weighted by Crippen LogP contribution is -2.48. The smallest absolute Gasteiger partial charge is 0.271 e. The molecule has 0 spiro atoms. The standard InChI is InChI=1S/C21H27N5O2/c1-24-12-10-18(23-24)21(28)22-17-8-13-25(14-9-17)15-20(27)26-11-4-6-16-5-2-3-7-19(16)26/h2-3,5,7,10,12,17H,4,6,8-9,11,13-15H2,1H3,(H,22,28). The second-order valence-electron chi connectivity index (χ2n) is 7.68. The van der Waals surface area contributed by atoms with Crippen LogP contribution in [0.1, 0.15) is 35.3 Å². The van der Waals surface area contributed by atoms with Crippen molar-refractivity contribution in [3.05, 3.63) is 47.8 Å². The number of fused-ring (bicyclic) bond motifs is 1. The number of aromatic nitrogens is 2. The number of rotatable bonds is 4. The fraction of sp³-hybridized carbons (Fsp3) is 0.476. The molecule has 2 aliphatic rings. The van der Waals surface area contributed by atoms with E-state index in [2.05, 4.69) is 21.4 Å². The minimum absolute atomic E-state index is 0.125. The third kappa shape index (κ3) is 4.09. The summed E-state index contributed by atoms with van der Waals surface area (Å²) in [5.41, 5.74) is 2.78.